The Labute approximate surface area is 138 Å². The molecule has 3 aromatic rings. The molecule has 120 valence electrons. The Bertz CT molecular complexity index is 968. The fourth-order valence-electron chi connectivity index (χ4n) is 2.13. The molecule has 0 atom stereocenters. The highest BCUT2D eigenvalue weighted by atomic mass is 35.5. The van der Waals surface area contributed by atoms with Gasteiger partial charge in [0.25, 0.3) is 10.0 Å². The Morgan fingerprint density at radius 2 is 1.96 bits per heavy atom. The van der Waals surface area contributed by atoms with Crippen molar-refractivity contribution in [1.82, 2.24) is 19.7 Å². The first-order valence-electron chi connectivity index (χ1n) is 6.83. The minimum atomic E-state index is -3.78. The Kier molecular flexibility index (Phi) is 3.95. The number of aromatic nitrogens is 4. The lowest BCUT2D eigenvalue weighted by atomic mass is 10.3. The van der Waals surface area contributed by atoms with Gasteiger partial charge in [-0.3, -0.25) is 9.71 Å². The van der Waals surface area contributed by atoms with Crippen LogP contribution in [0.15, 0.2) is 41.8 Å². The van der Waals surface area contributed by atoms with Crippen LogP contribution >= 0.6 is 11.6 Å². The summed E-state index contributed by atoms with van der Waals surface area (Å²) in [5.41, 5.74) is 1.05. The molecule has 1 N–H and O–H groups in total. The number of fused-ring (bicyclic) bond motifs is 1. The number of halogens is 1. The number of nitrogens with one attached hydrogen (secondary N) is 1. The average Bonchev–Trinajstić information content (AvgIpc) is 2.90. The summed E-state index contributed by atoms with van der Waals surface area (Å²) in [6, 6.07) is 3.18. The van der Waals surface area contributed by atoms with Crippen LogP contribution < -0.4 is 4.72 Å². The molecule has 0 saturated heterocycles. The lowest BCUT2D eigenvalue weighted by Gasteiger charge is -2.09. The van der Waals surface area contributed by atoms with Gasteiger partial charge in [0.1, 0.15) is 4.90 Å². The lowest BCUT2D eigenvalue weighted by Crippen LogP contribution is -2.13. The van der Waals surface area contributed by atoms with Crippen LogP contribution in [0, 0.1) is 0 Å². The number of pyridine rings is 2. The topological polar surface area (TPSA) is 89.8 Å². The Hall–Kier alpha value is -2.19. The molecule has 0 bridgehead atoms. The number of nitrogens with zero attached hydrogens (tertiary/aromatic N) is 4. The van der Waals surface area contributed by atoms with Crippen LogP contribution in [0.25, 0.3) is 11.0 Å². The molecule has 3 heterocycles. The zero-order valence-corrected chi connectivity index (χ0v) is 14.0. The van der Waals surface area contributed by atoms with E-state index < -0.39 is 10.0 Å². The van der Waals surface area contributed by atoms with Crippen molar-refractivity contribution in [2.24, 2.45) is 0 Å². The second-order valence-corrected chi connectivity index (χ2v) is 7.38. The smallest absolute Gasteiger partial charge is 0.263 e. The molecule has 0 spiro atoms. The predicted octanol–water partition coefficient (Wildman–Crippen LogP) is 2.86. The summed E-state index contributed by atoms with van der Waals surface area (Å²) in [5.74, 6) is 0. The van der Waals surface area contributed by atoms with Crippen molar-refractivity contribution >= 4 is 38.3 Å². The molecule has 0 radical (unpaired) electrons. The van der Waals surface area contributed by atoms with Gasteiger partial charge in [-0.1, -0.05) is 11.6 Å². The summed E-state index contributed by atoms with van der Waals surface area (Å²) in [6.07, 6.45) is 5.71. The third-order valence-corrected chi connectivity index (χ3v) is 4.72. The first kappa shape index (κ1) is 15.7. The molecule has 0 amide bonds. The van der Waals surface area contributed by atoms with Gasteiger partial charge in [0.05, 0.1) is 23.1 Å². The van der Waals surface area contributed by atoms with Crippen LogP contribution in [-0.4, -0.2) is 28.2 Å². The summed E-state index contributed by atoms with van der Waals surface area (Å²) in [7, 11) is -3.78. The van der Waals surface area contributed by atoms with Gasteiger partial charge in [-0.15, -0.1) is 0 Å². The van der Waals surface area contributed by atoms with Crippen LogP contribution in [0.4, 0.5) is 5.69 Å². The van der Waals surface area contributed by atoms with Gasteiger partial charge in [-0.2, -0.15) is 5.10 Å². The minimum Gasteiger partial charge on any atom is -0.278 e. The third kappa shape index (κ3) is 3.13. The summed E-state index contributed by atoms with van der Waals surface area (Å²) < 4.78 is 28.9. The van der Waals surface area contributed by atoms with Crippen LogP contribution in [0.3, 0.4) is 0 Å². The minimum absolute atomic E-state index is 0.0111. The van der Waals surface area contributed by atoms with Gasteiger partial charge in [0.2, 0.25) is 0 Å². The SMILES string of the molecule is CC(C)n1ncc2cc(NS(=O)(=O)c3cncc(Cl)c3)cnc21. The normalized spacial score (nSPS) is 12.0. The molecule has 23 heavy (non-hydrogen) atoms. The van der Waals surface area contributed by atoms with E-state index in [-0.39, 0.29) is 16.0 Å². The highest BCUT2D eigenvalue weighted by Crippen LogP contribution is 2.22. The number of hydrogen-bond acceptors (Lipinski definition) is 5. The predicted molar refractivity (Wildman–Crippen MR) is 88.0 cm³/mol. The molecule has 0 saturated carbocycles. The largest absolute Gasteiger partial charge is 0.278 e. The van der Waals surface area contributed by atoms with Crippen LogP contribution in [0.5, 0.6) is 0 Å². The average molecular weight is 352 g/mol. The van der Waals surface area contributed by atoms with Crippen molar-refractivity contribution in [2.45, 2.75) is 24.8 Å². The summed E-state index contributed by atoms with van der Waals surface area (Å²) in [5, 5.41) is 5.25. The van der Waals surface area contributed by atoms with Crippen LogP contribution in [-0.2, 0) is 10.0 Å². The maximum absolute atomic E-state index is 12.3. The highest BCUT2D eigenvalue weighted by molar-refractivity contribution is 7.92. The Balaban J connectivity index is 1.95. The molecule has 0 aliphatic carbocycles. The molecule has 0 fully saturated rings. The molecule has 0 unspecified atom stereocenters. The molecule has 9 heteroatoms. The van der Waals surface area contributed by atoms with E-state index in [1.807, 2.05) is 13.8 Å². The summed E-state index contributed by atoms with van der Waals surface area (Å²) in [4.78, 5) is 8.06. The lowest BCUT2D eigenvalue weighted by molar-refractivity contribution is 0.546. The number of hydrogen-bond donors (Lipinski definition) is 1. The van der Waals surface area contributed by atoms with E-state index in [1.165, 1.54) is 24.7 Å². The van der Waals surface area contributed by atoms with E-state index in [0.29, 0.717) is 11.3 Å². The van der Waals surface area contributed by atoms with E-state index in [4.69, 9.17) is 11.6 Å². The Morgan fingerprint density at radius 3 is 2.65 bits per heavy atom. The first-order chi connectivity index (χ1) is 10.9. The van der Waals surface area contributed by atoms with Crippen molar-refractivity contribution in [3.63, 3.8) is 0 Å². The van der Waals surface area contributed by atoms with Crippen molar-refractivity contribution in [1.29, 1.82) is 0 Å². The van der Waals surface area contributed by atoms with E-state index >= 15 is 0 Å². The molecule has 7 nitrogen and oxygen atoms in total. The first-order valence-corrected chi connectivity index (χ1v) is 8.69. The molecular weight excluding hydrogens is 338 g/mol. The number of anilines is 1. The van der Waals surface area contributed by atoms with Gasteiger partial charge < -0.3 is 0 Å². The fourth-order valence-corrected chi connectivity index (χ4v) is 3.39. The standard InChI is InChI=1S/C14H14ClN5O2S/c1-9(2)20-14-10(5-18-20)3-12(7-17-14)19-23(21,22)13-4-11(15)6-16-8-13/h3-9,19H,1-2H3. The van der Waals surface area contributed by atoms with E-state index in [0.717, 1.165) is 5.39 Å². The third-order valence-electron chi connectivity index (χ3n) is 3.16. The highest BCUT2D eigenvalue weighted by Gasteiger charge is 2.16. The maximum atomic E-state index is 12.3. The van der Waals surface area contributed by atoms with Crippen LogP contribution in [0.2, 0.25) is 5.02 Å². The van der Waals surface area contributed by atoms with E-state index in [9.17, 15) is 8.42 Å². The van der Waals surface area contributed by atoms with Gasteiger partial charge in [-0.25, -0.2) is 18.1 Å². The van der Waals surface area contributed by atoms with Crippen molar-refractivity contribution in [3.05, 3.63) is 41.9 Å². The van der Waals surface area contributed by atoms with E-state index in [2.05, 4.69) is 19.8 Å². The summed E-state index contributed by atoms with van der Waals surface area (Å²) >= 11 is 5.79. The second-order valence-electron chi connectivity index (χ2n) is 5.26. The van der Waals surface area contributed by atoms with Gasteiger partial charge in [0, 0.05) is 23.8 Å². The van der Waals surface area contributed by atoms with Crippen molar-refractivity contribution < 1.29 is 8.42 Å². The fraction of sp³-hybridized carbons (Fsp3) is 0.214. The quantitative estimate of drug-likeness (QED) is 0.780. The number of rotatable bonds is 4. The van der Waals surface area contributed by atoms with Crippen molar-refractivity contribution in [2.75, 3.05) is 4.72 Å². The van der Waals surface area contributed by atoms with Crippen LogP contribution in [0.1, 0.15) is 19.9 Å². The zero-order valence-electron chi connectivity index (χ0n) is 12.4. The molecule has 0 aliphatic rings. The van der Waals surface area contributed by atoms with Gasteiger partial charge in [-0.05, 0) is 26.0 Å². The molecule has 0 aromatic carbocycles. The zero-order chi connectivity index (χ0) is 16.6. The van der Waals surface area contributed by atoms with Gasteiger partial charge in [0.15, 0.2) is 5.65 Å². The van der Waals surface area contributed by atoms with E-state index in [1.54, 1.807) is 16.9 Å². The molecule has 3 aromatic heterocycles. The maximum Gasteiger partial charge on any atom is 0.263 e. The second kappa shape index (κ2) is 5.78. The number of sulfonamides is 1. The van der Waals surface area contributed by atoms with Crippen molar-refractivity contribution in [3.8, 4) is 0 Å². The monoisotopic (exact) mass is 351 g/mol. The molecular formula is C14H14ClN5O2S. The molecule has 0 aliphatic heterocycles. The molecule has 3 rings (SSSR count). The Morgan fingerprint density at radius 1 is 1.17 bits per heavy atom. The summed E-state index contributed by atoms with van der Waals surface area (Å²) in [6.45, 7) is 3.99. The van der Waals surface area contributed by atoms with Gasteiger partial charge >= 0.3 is 0 Å².